The molecule has 2 aliphatic heterocycles. The number of anilines is 1. The summed E-state index contributed by atoms with van der Waals surface area (Å²) in [5.74, 6) is -0.450. The average Bonchev–Trinajstić information content (AvgIpc) is 3.12. The van der Waals surface area contributed by atoms with E-state index in [0.29, 0.717) is 44.8 Å². The van der Waals surface area contributed by atoms with Gasteiger partial charge >= 0.3 is 11.9 Å². The number of piperazine rings is 1. The molecule has 1 aromatic heterocycles. The van der Waals surface area contributed by atoms with Crippen molar-refractivity contribution in [3.8, 4) is 11.1 Å². The minimum Gasteiger partial charge on any atom is -0.374 e. The smallest absolute Gasteiger partial charge is 0.374 e. The van der Waals surface area contributed by atoms with E-state index in [4.69, 9.17) is 16.3 Å². The number of nitrogens with zero attached hydrogens (tertiary/aromatic N) is 4. The minimum atomic E-state index is -4.79. The van der Waals surface area contributed by atoms with E-state index in [1.165, 1.54) is 23.6 Å². The first kappa shape index (κ1) is 29.6. The molecule has 0 aliphatic carbocycles. The van der Waals surface area contributed by atoms with Gasteiger partial charge in [0.05, 0.1) is 35.4 Å². The van der Waals surface area contributed by atoms with Crippen LogP contribution in [0.15, 0.2) is 34.0 Å². The monoisotopic (exact) mass is 613 g/mol. The number of hydrogen-bond donors (Lipinski definition) is 1. The molecule has 14 heteroatoms. The molecule has 0 saturated carbocycles. The molecule has 3 aromatic rings. The van der Waals surface area contributed by atoms with Gasteiger partial charge < -0.3 is 19.9 Å². The maximum Gasteiger partial charge on any atom is 0.417 e. The van der Waals surface area contributed by atoms with Crippen LogP contribution in [0.5, 0.6) is 0 Å². The number of amides is 1. The molecule has 3 heterocycles. The van der Waals surface area contributed by atoms with E-state index in [-0.39, 0.29) is 50.5 Å². The zero-order valence-corrected chi connectivity index (χ0v) is 23.9. The quantitative estimate of drug-likeness (QED) is 0.329. The number of benzene rings is 2. The van der Waals surface area contributed by atoms with Crippen molar-refractivity contribution in [1.82, 2.24) is 19.8 Å². The summed E-state index contributed by atoms with van der Waals surface area (Å²) in [5.41, 5.74) is -1.35. The molecule has 0 radical (unpaired) electrons. The molecule has 5 rings (SSSR count). The maximum atomic E-state index is 14.8. The summed E-state index contributed by atoms with van der Waals surface area (Å²) >= 11 is 7.17. The number of carbonyl (C=O) groups is 1. The number of thioether (sulfide) groups is 1. The van der Waals surface area contributed by atoms with Crippen molar-refractivity contribution in [3.05, 3.63) is 51.2 Å². The fourth-order valence-corrected chi connectivity index (χ4v) is 6.66. The van der Waals surface area contributed by atoms with Gasteiger partial charge in [-0.25, -0.2) is 9.18 Å². The molecular formula is C27H28ClF4N5O3S. The highest BCUT2D eigenvalue weighted by Gasteiger charge is 2.39. The van der Waals surface area contributed by atoms with Gasteiger partial charge in [0.15, 0.2) is 0 Å². The summed E-state index contributed by atoms with van der Waals surface area (Å²) in [6, 6.07) is 4.47. The highest BCUT2D eigenvalue weighted by Crippen LogP contribution is 2.48. The lowest BCUT2D eigenvalue weighted by Crippen LogP contribution is -2.49. The fraction of sp³-hybridized carbons (Fsp3) is 0.444. The van der Waals surface area contributed by atoms with Crippen LogP contribution in [0.2, 0.25) is 5.02 Å². The van der Waals surface area contributed by atoms with Crippen molar-refractivity contribution < 1.29 is 27.1 Å². The second-order valence-corrected chi connectivity index (χ2v) is 11.3. The zero-order valence-electron chi connectivity index (χ0n) is 22.4. The second-order valence-electron chi connectivity index (χ2n) is 9.88. The van der Waals surface area contributed by atoms with Crippen LogP contribution in [0.1, 0.15) is 12.5 Å². The van der Waals surface area contributed by atoms with Gasteiger partial charge in [0.25, 0.3) is 0 Å². The van der Waals surface area contributed by atoms with Crippen LogP contribution in [-0.4, -0.2) is 78.6 Å². The van der Waals surface area contributed by atoms with Gasteiger partial charge in [-0.3, -0.25) is 9.36 Å². The van der Waals surface area contributed by atoms with E-state index in [1.807, 2.05) is 0 Å². The third-order valence-corrected chi connectivity index (χ3v) is 8.76. The maximum absolute atomic E-state index is 14.8. The van der Waals surface area contributed by atoms with E-state index in [9.17, 15) is 27.2 Å². The Morgan fingerprint density at radius 3 is 2.59 bits per heavy atom. The molecule has 220 valence electrons. The van der Waals surface area contributed by atoms with Crippen LogP contribution in [0.4, 0.5) is 23.4 Å². The van der Waals surface area contributed by atoms with E-state index < -0.39 is 29.4 Å². The SMILES string of the molecule is CNCCOC1CSc2c(-c3ccc(F)c(Cl)c3)c(C(F)(F)F)cc3c(N4CCN(C(C)=O)CC4)nc(=O)n(c23)C1. The molecule has 1 saturated heterocycles. The van der Waals surface area contributed by atoms with Crippen molar-refractivity contribution in [3.63, 3.8) is 0 Å². The van der Waals surface area contributed by atoms with E-state index in [0.717, 1.165) is 23.9 Å². The van der Waals surface area contributed by atoms with Gasteiger partial charge in [-0.05, 0) is 30.8 Å². The first-order chi connectivity index (χ1) is 19.5. The lowest BCUT2D eigenvalue weighted by Gasteiger charge is -2.35. The molecule has 0 bridgehead atoms. The number of nitrogens with one attached hydrogen (secondary N) is 1. The van der Waals surface area contributed by atoms with Crippen molar-refractivity contribution in [1.29, 1.82) is 0 Å². The Morgan fingerprint density at radius 1 is 1.22 bits per heavy atom. The first-order valence-corrected chi connectivity index (χ1v) is 14.4. The van der Waals surface area contributed by atoms with Crippen LogP contribution in [0.25, 0.3) is 22.0 Å². The highest BCUT2D eigenvalue weighted by molar-refractivity contribution is 7.99. The first-order valence-electron chi connectivity index (χ1n) is 13.0. The summed E-state index contributed by atoms with van der Waals surface area (Å²) in [6.45, 7) is 3.76. The Balaban J connectivity index is 1.77. The van der Waals surface area contributed by atoms with Crippen LogP contribution < -0.4 is 15.9 Å². The molecule has 0 spiro atoms. The third-order valence-electron chi connectivity index (χ3n) is 7.24. The van der Waals surface area contributed by atoms with Crippen molar-refractivity contribution >= 4 is 46.0 Å². The molecule has 41 heavy (non-hydrogen) atoms. The molecule has 2 aliphatic rings. The largest absolute Gasteiger partial charge is 0.417 e. The Morgan fingerprint density at radius 2 is 1.95 bits per heavy atom. The number of halogens is 5. The van der Waals surface area contributed by atoms with Gasteiger partial charge in [-0.15, -0.1) is 11.8 Å². The molecule has 1 fully saturated rings. The number of ether oxygens (including phenoxy) is 1. The molecule has 1 N–H and O–H groups in total. The molecule has 1 atom stereocenters. The predicted molar refractivity (Wildman–Crippen MR) is 150 cm³/mol. The summed E-state index contributed by atoms with van der Waals surface area (Å²) in [4.78, 5) is 33.3. The molecule has 2 aromatic carbocycles. The van der Waals surface area contributed by atoms with Crippen LogP contribution >= 0.6 is 23.4 Å². The normalized spacial score (nSPS) is 17.7. The van der Waals surface area contributed by atoms with Crippen molar-refractivity contribution in [2.45, 2.75) is 30.6 Å². The van der Waals surface area contributed by atoms with Crippen LogP contribution in [0.3, 0.4) is 0 Å². The van der Waals surface area contributed by atoms with Gasteiger partial charge in [-0.2, -0.15) is 18.2 Å². The molecule has 1 unspecified atom stereocenters. The summed E-state index contributed by atoms with van der Waals surface area (Å²) < 4.78 is 65.7. The Hall–Kier alpha value is -2.87. The number of hydrogen-bond acceptors (Lipinski definition) is 7. The molecule has 8 nitrogen and oxygen atoms in total. The third kappa shape index (κ3) is 5.90. The van der Waals surface area contributed by atoms with Crippen LogP contribution in [0, 0.1) is 5.82 Å². The number of aromatic nitrogens is 2. The minimum absolute atomic E-state index is 0.0788. The van der Waals surface area contributed by atoms with E-state index in [1.54, 1.807) is 16.8 Å². The summed E-state index contributed by atoms with van der Waals surface area (Å²) in [6.07, 6.45) is -5.27. The average molecular weight is 614 g/mol. The van der Waals surface area contributed by atoms with Gasteiger partial charge in [0, 0.05) is 61.2 Å². The van der Waals surface area contributed by atoms with Crippen LogP contribution in [-0.2, 0) is 22.3 Å². The van der Waals surface area contributed by atoms with Gasteiger partial charge in [0.2, 0.25) is 5.91 Å². The number of carbonyl (C=O) groups excluding carboxylic acids is 1. The second kappa shape index (κ2) is 11.8. The number of rotatable bonds is 6. The van der Waals surface area contributed by atoms with E-state index >= 15 is 0 Å². The standard InChI is InChI=1S/C27H28ClF4N5O3S/c1-15(38)35-6-8-36(9-7-35)25-18-12-19(27(30,31)32)22(16-3-4-21(29)20(28)11-16)24-23(18)37(26(39)34-25)13-17(14-41-24)40-10-5-33-2/h3-4,11-12,17,33H,5-10,13-14H2,1-2H3. The molecular weight excluding hydrogens is 586 g/mol. The van der Waals surface area contributed by atoms with Crippen molar-refractivity contribution in [2.75, 3.05) is 57.0 Å². The van der Waals surface area contributed by atoms with Gasteiger partial charge in [0.1, 0.15) is 11.6 Å². The zero-order chi connectivity index (χ0) is 29.5. The van der Waals surface area contributed by atoms with Gasteiger partial charge in [-0.1, -0.05) is 17.7 Å². The van der Waals surface area contributed by atoms with E-state index in [2.05, 4.69) is 10.3 Å². The highest BCUT2D eigenvalue weighted by atomic mass is 35.5. The number of likely N-dealkylation sites (N-methyl/N-ethyl adjacent to an activating group) is 1. The Kier molecular flexibility index (Phi) is 8.51. The Bertz CT molecular complexity index is 1540. The fourth-order valence-electron chi connectivity index (χ4n) is 5.20. The predicted octanol–water partition coefficient (Wildman–Crippen LogP) is 4.25. The topological polar surface area (TPSA) is 79.7 Å². The lowest BCUT2D eigenvalue weighted by molar-refractivity contribution is -0.137. The Labute approximate surface area is 242 Å². The summed E-state index contributed by atoms with van der Waals surface area (Å²) in [7, 11) is 1.77. The van der Waals surface area contributed by atoms with Crippen molar-refractivity contribution in [2.24, 2.45) is 0 Å². The molecule has 1 amide bonds. The number of alkyl halides is 3. The summed E-state index contributed by atoms with van der Waals surface area (Å²) in [5, 5.41) is 2.83. The lowest BCUT2D eigenvalue weighted by atomic mass is 9.96.